The third kappa shape index (κ3) is 5.34. The van der Waals surface area contributed by atoms with Gasteiger partial charge in [0.15, 0.2) is 0 Å². The third-order valence-electron chi connectivity index (χ3n) is 4.86. The van der Waals surface area contributed by atoms with Gasteiger partial charge in [0.05, 0.1) is 29.6 Å². The fourth-order valence-electron chi connectivity index (χ4n) is 3.01. The van der Waals surface area contributed by atoms with Gasteiger partial charge in [-0.25, -0.2) is 18.4 Å². The zero-order valence-corrected chi connectivity index (χ0v) is 17.3. The van der Waals surface area contributed by atoms with Gasteiger partial charge in [-0.3, -0.25) is 4.72 Å². The Labute approximate surface area is 167 Å². The molecule has 7 nitrogen and oxygen atoms in total. The minimum absolute atomic E-state index is 0.171. The van der Waals surface area contributed by atoms with Crippen molar-refractivity contribution < 1.29 is 13.2 Å². The van der Waals surface area contributed by atoms with Crippen molar-refractivity contribution >= 4 is 21.7 Å². The van der Waals surface area contributed by atoms with Crippen molar-refractivity contribution in [3.05, 3.63) is 36.7 Å². The highest BCUT2D eigenvalue weighted by Crippen LogP contribution is 2.22. The molecule has 0 bridgehead atoms. The maximum Gasteiger partial charge on any atom is 0.261 e. The Balaban J connectivity index is 1.62. The summed E-state index contributed by atoms with van der Waals surface area (Å²) in [6.45, 7) is 6.83. The number of ether oxygens (including phenoxy) is 1. The van der Waals surface area contributed by atoms with Gasteiger partial charge >= 0.3 is 0 Å². The Hall–Kier alpha value is -2.35. The van der Waals surface area contributed by atoms with Crippen LogP contribution in [0.15, 0.2) is 41.6 Å². The van der Waals surface area contributed by atoms with Gasteiger partial charge in [-0.1, -0.05) is 20.3 Å². The van der Waals surface area contributed by atoms with Crippen LogP contribution in [0.25, 0.3) is 0 Å². The van der Waals surface area contributed by atoms with E-state index in [4.69, 9.17) is 4.74 Å². The maximum absolute atomic E-state index is 12.6. The van der Waals surface area contributed by atoms with Gasteiger partial charge in [0.25, 0.3) is 10.0 Å². The summed E-state index contributed by atoms with van der Waals surface area (Å²) in [6, 6.07) is 6.41. The van der Waals surface area contributed by atoms with E-state index in [9.17, 15) is 8.42 Å². The number of nitrogens with zero attached hydrogens (tertiary/aromatic N) is 3. The highest BCUT2D eigenvalue weighted by Gasteiger charge is 2.19. The third-order valence-corrected chi connectivity index (χ3v) is 6.25. The van der Waals surface area contributed by atoms with Crippen LogP contribution in [0, 0.1) is 5.92 Å². The zero-order valence-electron chi connectivity index (χ0n) is 16.5. The number of unbranched alkanes of at least 4 members (excludes halogenated alkanes) is 1. The van der Waals surface area contributed by atoms with Crippen molar-refractivity contribution in [1.82, 2.24) is 9.97 Å². The fourth-order valence-corrected chi connectivity index (χ4v) is 4.04. The minimum Gasteiger partial charge on any atom is -0.494 e. The van der Waals surface area contributed by atoms with Crippen LogP contribution in [0.5, 0.6) is 5.75 Å². The van der Waals surface area contributed by atoms with E-state index in [0.717, 1.165) is 44.7 Å². The van der Waals surface area contributed by atoms with Crippen molar-refractivity contribution in [3.63, 3.8) is 0 Å². The van der Waals surface area contributed by atoms with Crippen molar-refractivity contribution in [2.24, 2.45) is 5.92 Å². The minimum atomic E-state index is -3.70. The van der Waals surface area contributed by atoms with Crippen molar-refractivity contribution in [1.29, 1.82) is 0 Å². The molecule has 1 aromatic carbocycles. The maximum atomic E-state index is 12.6. The second-order valence-electron chi connectivity index (χ2n) is 7.22. The molecule has 0 aliphatic carbocycles. The Morgan fingerprint density at radius 1 is 1.14 bits per heavy atom. The van der Waals surface area contributed by atoms with Crippen LogP contribution in [-0.4, -0.2) is 38.1 Å². The number of rotatable bonds is 8. The molecular weight excluding hydrogens is 376 g/mol. The molecule has 1 aliphatic rings. The first kappa shape index (κ1) is 20.4. The number of piperidine rings is 1. The SMILES string of the molecule is CCCCOc1ccc(S(=O)(=O)Nc2cnc(N3CCC(C)CC3)nc2)cc1. The summed E-state index contributed by atoms with van der Waals surface area (Å²) in [7, 11) is -3.70. The largest absolute Gasteiger partial charge is 0.494 e. The van der Waals surface area contributed by atoms with E-state index in [0.29, 0.717) is 24.0 Å². The molecule has 1 fully saturated rings. The molecule has 3 rings (SSSR count). The molecule has 0 radical (unpaired) electrons. The molecule has 1 aromatic heterocycles. The molecule has 2 heterocycles. The summed E-state index contributed by atoms with van der Waals surface area (Å²) in [5.41, 5.74) is 0.345. The van der Waals surface area contributed by atoms with E-state index in [2.05, 4.69) is 33.4 Å². The zero-order chi connectivity index (χ0) is 20.0. The molecular formula is C20H28N4O3S. The number of aromatic nitrogens is 2. The molecule has 0 atom stereocenters. The normalized spacial score (nSPS) is 15.4. The highest BCUT2D eigenvalue weighted by atomic mass is 32.2. The van der Waals surface area contributed by atoms with E-state index in [1.807, 2.05) is 0 Å². The first-order chi connectivity index (χ1) is 13.5. The molecule has 8 heteroatoms. The van der Waals surface area contributed by atoms with Crippen LogP contribution in [0.1, 0.15) is 39.5 Å². The topological polar surface area (TPSA) is 84.4 Å². The molecule has 0 unspecified atom stereocenters. The Bertz CT molecular complexity index is 846. The summed E-state index contributed by atoms with van der Waals surface area (Å²) < 4.78 is 33.3. The number of sulfonamides is 1. The van der Waals surface area contributed by atoms with Crippen LogP contribution < -0.4 is 14.4 Å². The molecule has 1 aliphatic heterocycles. The quantitative estimate of drug-likeness (QED) is 0.676. The Kier molecular flexibility index (Phi) is 6.72. The fraction of sp³-hybridized carbons (Fsp3) is 0.500. The smallest absolute Gasteiger partial charge is 0.261 e. The molecule has 152 valence electrons. The number of anilines is 2. The Morgan fingerprint density at radius 3 is 2.39 bits per heavy atom. The lowest BCUT2D eigenvalue weighted by atomic mass is 10.00. The van der Waals surface area contributed by atoms with Crippen LogP contribution in [-0.2, 0) is 10.0 Å². The predicted molar refractivity (Wildman–Crippen MR) is 110 cm³/mol. The molecule has 1 N–H and O–H groups in total. The summed E-state index contributed by atoms with van der Waals surface area (Å²) in [5.74, 6) is 2.03. The van der Waals surface area contributed by atoms with Gasteiger partial charge in [0, 0.05) is 13.1 Å². The van der Waals surface area contributed by atoms with Crippen molar-refractivity contribution in [2.45, 2.75) is 44.4 Å². The lowest BCUT2D eigenvalue weighted by Crippen LogP contribution is -2.34. The van der Waals surface area contributed by atoms with Crippen LogP contribution in [0.3, 0.4) is 0 Å². The summed E-state index contributed by atoms with van der Waals surface area (Å²) in [4.78, 5) is 11.0. The van der Waals surface area contributed by atoms with E-state index in [1.54, 1.807) is 12.1 Å². The lowest BCUT2D eigenvalue weighted by molar-refractivity contribution is 0.309. The molecule has 2 aromatic rings. The standard InChI is InChI=1S/C20H28N4O3S/c1-3-4-13-27-18-5-7-19(8-6-18)28(25,26)23-17-14-21-20(22-15-17)24-11-9-16(2)10-12-24/h5-8,14-16,23H,3-4,9-13H2,1-2H3. The second-order valence-corrected chi connectivity index (χ2v) is 8.90. The van der Waals surface area contributed by atoms with Crippen LogP contribution in [0.2, 0.25) is 0 Å². The number of nitrogens with one attached hydrogen (secondary N) is 1. The number of benzene rings is 1. The average Bonchev–Trinajstić information content (AvgIpc) is 2.70. The van der Waals surface area contributed by atoms with Gasteiger partial charge < -0.3 is 9.64 Å². The van der Waals surface area contributed by atoms with Gasteiger partial charge in [0.1, 0.15) is 5.75 Å². The van der Waals surface area contributed by atoms with E-state index < -0.39 is 10.0 Å². The summed E-state index contributed by atoms with van der Waals surface area (Å²) in [5, 5.41) is 0. The lowest BCUT2D eigenvalue weighted by Gasteiger charge is -2.30. The number of hydrogen-bond acceptors (Lipinski definition) is 6. The van der Waals surface area contributed by atoms with Gasteiger partial charge in [-0.2, -0.15) is 0 Å². The molecule has 0 amide bonds. The van der Waals surface area contributed by atoms with E-state index >= 15 is 0 Å². The second kappa shape index (κ2) is 9.23. The number of hydrogen-bond donors (Lipinski definition) is 1. The predicted octanol–water partition coefficient (Wildman–Crippen LogP) is 3.69. The van der Waals surface area contributed by atoms with Crippen molar-refractivity contribution in [3.8, 4) is 5.75 Å². The first-order valence-corrected chi connectivity index (χ1v) is 11.3. The monoisotopic (exact) mass is 404 g/mol. The van der Waals surface area contributed by atoms with Gasteiger partial charge in [0.2, 0.25) is 5.95 Å². The highest BCUT2D eigenvalue weighted by molar-refractivity contribution is 7.92. The van der Waals surface area contributed by atoms with Gasteiger partial charge in [-0.15, -0.1) is 0 Å². The van der Waals surface area contributed by atoms with Gasteiger partial charge in [-0.05, 0) is 49.4 Å². The summed E-state index contributed by atoms with van der Waals surface area (Å²) in [6.07, 6.45) is 7.29. The first-order valence-electron chi connectivity index (χ1n) is 9.80. The molecule has 1 saturated heterocycles. The van der Waals surface area contributed by atoms with Crippen molar-refractivity contribution in [2.75, 3.05) is 29.3 Å². The molecule has 28 heavy (non-hydrogen) atoms. The van der Waals surface area contributed by atoms with E-state index in [1.165, 1.54) is 24.5 Å². The average molecular weight is 405 g/mol. The molecule has 0 spiro atoms. The molecule has 0 saturated carbocycles. The van der Waals surface area contributed by atoms with E-state index in [-0.39, 0.29) is 4.90 Å². The Morgan fingerprint density at radius 2 is 1.79 bits per heavy atom. The van der Waals surface area contributed by atoms with Crippen LogP contribution in [0.4, 0.5) is 11.6 Å². The van der Waals surface area contributed by atoms with Crippen LogP contribution >= 0.6 is 0 Å². The summed E-state index contributed by atoms with van der Waals surface area (Å²) >= 11 is 0.